The molecule has 0 aromatic heterocycles. The summed E-state index contributed by atoms with van der Waals surface area (Å²) in [6, 6.07) is 17.2. The van der Waals surface area contributed by atoms with Crippen LogP contribution in [0.2, 0.25) is 0 Å². The topological polar surface area (TPSA) is 73.8 Å². The fraction of sp³-hybridized carbons (Fsp3) is 0.296. The molecular weight excluding hydrogens is 444 g/mol. The van der Waals surface area contributed by atoms with Crippen molar-refractivity contribution in [2.75, 3.05) is 11.9 Å². The molecule has 0 bridgehead atoms. The minimum atomic E-state index is -0.379. The van der Waals surface area contributed by atoms with Crippen molar-refractivity contribution in [3.05, 3.63) is 88.1 Å². The van der Waals surface area contributed by atoms with Crippen molar-refractivity contribution in [2.24, 2.45) is 10.9 Å². The Balaban J connectivity index is 1.70. The number of carbonyl (C=O) groups is 2. The van der Waals surface area contributed by atoms with E-state index in [0.717, 1.165) is 27.7 Å². The van der Waals surface area contributed by atoms with Gasteiger partial charge in [-0.3, -0.25) is 9.59 Å². The molecule has 2 aromatic carbocycles. The molecule has 4 rings (SSSR count). The summed E-state index contributed by atoms with van der Waals surface area (Å²) >= 11 is 1.49. The normalized spacial score (nSPS) is 17.3. The van der Waals surface area contributed by atoms with E-state index in [0.29, 0.717) is 23.7 Å². The van der Waals surface area contributed by atoms with Crippen molar-refractivity contribution in [1.82, 2.24) is 10.2 Å². The number of anilines is 1. The molecule has 7 heteroatoms. The number of amidine groups is 1. The Bertz CT molecular complexity index is 1180. The minimum Gasteiger partial charge on any atom is -0.356 e. The number of nitrogens with zero attached hydrogens (tertiary/aromatic N) is 2. The zero-order valence-electron chi connectivity index (χ0n) is 20.0. The highest BCUT2D eigenvalue weighted by molar-refractivity contribution is 8.16. The number of rotatable bonds is 7. The maximum atomic E-state index is 13.6. The van der Waals surface area contributed by atoms with Crippen molar-refractivity contribution in [3.8, 4) is 0 Å². The molecule has 2 amide bonds. The summed E-state index contributed by atoms with van der Waals surface area (Å²) in [6.07, 6.45) is 0.230. The zero-order valence-corrected chi connectivity index (χ0v) is 20.8. The third-order valence-corrected chi connectivity index (χ3v) is 6.57. The standard InChI is InChI=1S/C27H30N4O2S/c1-17(2)15-28-23(32)14-22-16-34-27-29-19(4)24(26(33)30-21-11-6-5-7-12-21)25(31(22)27)20-10-8-9-18(3)13-20/h5-13,16-17,25H,14-15H2,1-4H3,(H,28,32)(H,30,33)/t25-/m1/s1. The first-order valence-electron chi connectivity index (χ1n) is 11.5. The van der Waals surface area contributed by atoms with Gasteiger partial charge in [0.15, 0.2) is 5.17 Å². The van der Waals surface area contributed by atoms with Gasteiger partial charge in [-0.1, -0.05) is 73.6 Å². The summed E-state index contributed by atoms with van der Waals surface area (Å²) in [5.41, 5.74) is 4.92. The predicted octanol–water partition coefficient (Wildman–Crippen LogP) is 5.37. The number of nitrogens with one attached hydrogen (secondary N) is 2. The summed E-state index contributed by atoms with van der Waals surface area (Å²) in [5.74, 6) is 0.145. The number of para-hydroxylation sites is 1. The van der Waals surface area contributed by atoms with Crippen LogP contribution >= 0.6 is 11.8 Å². The molecule has 176 valence electrons. The van der Waals surface area contributed by atoms with E-state index in [2.05, 4.69) is 30.5 Å². The Kier molecular flexibility index (Phi) is 7.22. The van der Waals surface area contributed by atoms with Crippen LogP contribution in [0, 0.1) is 12.8 Å². The van der Waals surface area contributed by atoms with Crippen molar-refractivity contribution < 1.29 is 9.59 Å². The van der Waals surface area contributed by atoms with Crippen LogP contribution in [0.3, 0.4) is 0 Å². The van der Waals surface area contributed by atoms with E-state index in [9.17, 15) is 9.59 Å². The number of fused-ring (bicyclic) bond motifs is 1. The fourth-order valence-corrected chi connectivity index (χ4v) is 5.04. The summed E-state index contributed by atoms with van der Waals surface area (Å²) in [4.78, 5) is 33.0. The third kappa shape index (κ3) is 5.25. The van der Waals surface area contributed by atoms with Gasteiger partial charge in [0.05, 0.1) is 23.7 Å². The summed E-state index contributed by atoms with van der Waals surface area (Å²) in [7, 11) is 0. The van der Waals surface area contributed by atoms with Crippen LogP contribution in [0.1, 0.15) is 44.4 Å². The average molecular weight is 475 g/mol. The quantitative estimate of drug-likeness (QED) is 0.566. The van der Waals surface area contributed by atoms with Gasteiger partial charge in [-0.15, -0.1) is 0 Å². The van der Waals surface area contributed by atoms with Crippen LogP contribution in [0.15, 0.2) is 82.0 Å². The van der Waals surface area contributed by atoms with Crippen LogP contribution < -0.4 is 10.6 Å². The Labute approximate surface area is 205 Å². The van der Waals surface area contributed by atoms with Crippen molar-refractivity contribution in [2.45, 2.75) is 40.2 Å². The van der Waals surface area contributed by atoms with Crippen LogP contribution in [0.5, 0.6) is 0 Å². The predicted molar refractivity (Wildman–Crippen MR) is 139 cm³/mol. The van der Waals surface area contributed by atoms with Crippen LogP contribution in [0.25, 0.3) is 0 Å². The van der Waals surface area contributed by atoms with Crippen molar-refractivity contribution >= 4 is 34.4 Å². The molecule has 0 unspecified atom stereocenters. The lowest BCUT2D eigenvalue weighted by atomic mass is 9.92. The van der Waals surface area contributed by atoms with Gasteiger partial charge < -0.3 is 15.5 Å². The van der Waals surface area contributed by atoms with Gasteiger partial charge in [0.25, 0.3) is 5.91 Å². The largest absolute Gasteiger partial charge is 0.356 e. The molecule has 0 saturated heterocycles. The smallest absolute Gasteiger partial charge is 0.255 e. The number of thioether (sulfide) groups is 1. The van der Waals surface area contributed by atoms with Gasteiger partial charge in [0.1, 0.15) is 0 Å². The Morgan fingerprint density at radius 2 is 1.85 bits per heavy atom. The molecule has 0 saturated carbocycles. The maximum absolute atomic E-state index is 13.6. The molecule has 2 aliphatic rings. The SMILES string of the molecule is CC1=C(C(=O)Nc2ccccc2)[C@@H](c2cccc(C)c2)N2C(CC(=O)NCC(C)C)=CSC2=N1. The van der Waals surface area contributed by atoms with Crippen molar-refractivity contribution in [3.63, 3.8) is 0 Å². The van der Waals surface area contributed by atoms with Gasteiger partial charge in [-0.2, -0.15) is 0 Å². The number of benzene rings is 2. The van der Waals surface area contributed by atoms with E-state index >= 15 is 0 Å². The monoisotopic (exact) mass is 474 g/mol. The Hall–Kier alpha value is -3.32. The molecule has 2 aromatic rings. The van der Waals surface area contributed by atoms with Gasteiger partial charge in [-0.25, -0.2) is 4.99 Å². The van der Waals surface area contributed by atoms with Gasteiger partial charge in [0.2, 0.25) is 5.91 Å². The molecule has 34 heavy (non-hydrogen) atoms. The first-order valence-corrected chi connectivity index (χ1v) is 12.4. The number of hydrogen-bond acceptors (Lipinski definition) is 5. The van der Waals surface area contributed by atoms with Crippen LogP contribution in [-0.2, 0) is 9.59 Å². The first-order chi connectivity index (χ1) is 16.3. The lowest BCUT2D eigenvalue weighted by molar-refractivity contribution is -0.120. The molecule has 2 aliphatic heterocycles. The lowest BCUT2D eigenvalue weighted by Crippen LogP contribution is -2.39. The highest BCUT2D eigenvalue weighted by atomic mass is 32.2. The number of aryl methyl sites for hydroxylation is 1. The second kappa shape index (κ2) is 10.3. The minimum absolute atomic E-state index is 0.0358. The molecule has 1 atom stereocenters. The average Bonchev–Trinajstić information content (AvgIpc) is 3.19. The highest BCUT2D eigenvalue weighted by Crippen LogP contribution is 2.44. The van der Waals surface area contributed by atoms with E-state index in [1.165, 1.54) is 11.8 Å². The second-order valence-corrected chi connectivity index (χ2v) is 9.84. The summed E-state index contributed by atoms with van der Waals surface area (Å²) in [5, 5.41) is 8.78. The van der Waals surface area contributed by atoms with E-state index in [1.807, 2.05) is 72.7 Å². The second-order valence-electron chi connectivity index (χ2n) is 9.00. The molecule has 6 nitrogen and oxygen atoms in total. The number of aliphatic imine (C=N–C) groups is 1. The molecule has 0 aliphatic carbocycles. The fourth-order valence-electron chi connectivity index (χ4n) is 4.08. The molecule has 2 N–H and O–H groups in total. The lowest BCUT2D eigenvalue weighted by Gasteiger charge is -2.36. The van der Waals surface area contributed by atoms with Crippen LogP contribution in [0.4, 0.5) is 5.69 Å². The number of amides is 2. The van der Waals surface area contributed by atoms with E-state index in [-0.39, 0.29) is 24.3 Å². The summed E-state index contributed by atoms with van der Waals surface area (Å²) in [6.45, 7) is 8.68. The van der Waals surface area contributed by atoms with Crippen molar-refractivity contribution in [1.29, 1.82) is 0 Å². The highest BCUT2D eigenvalue weighted by Gasteiger charge is 2.40. The number of hydrogen-bond donors (Lipinski definition) is 2. The maximum Gasteiger partial charge on any atom is 0.255 e. The van der Waals surface area contributed by atoms with Gasteiger partial charge in [-0.05, 0) is 42.9 Å². The first kappa shape index (κ1) is 23.8. The van der Waals surface area contributed by atoms with Gasteiger partial charge >= 0.3 is 0 Å². The molecule has 0 spiro atoms. The molecule has 0 radical (unpaired) electrons. The Morgan fingerprint density at radius 1 is 1.09 bits per heavy atom. The van der Waals surface area contributed by atoms with E-state index in [4.69, 9.17) is 4.99 Å². The number of carbonyl (C=O) groups excluding carboxylic acids is 2. The van der Waals surface area contributed by atoms with Crippen LogP contribution in [-0.4, -0.2) is 28.4 Å². The summed E-state index contributed by atoms with van der Waals surface area (Å²) < 4.78 is 0. The Morgan fingerprint density at radius 3 is 2.56 bits per heavy atom. The van der Waals surface area contributed by atoms with E-state index < -0.39 is 0 Å². The molecular formula is C27H30N4O2S. The van der Waals surface area contributed by atoms with E-state index in [1.54, 1.807) is 0 Å². The zero-order chi connectivity index (χ0) is 24.2. The third-order valence-electron chi connectivity index (χ3n) is 5.68. The molecule has 2 heterocycles. The van der Waals surface area contributed by atoms with Gasteiger partial charge in [0, 0.05) is 17.9 Å². The number of allylic oxidation sites excluding steroid dienone is 1. The molecule has 0 fully saturated rings.